The maximum absolute atomic E-state index is 12.4. The molecule has 1 heterocycles. The number of rotatable bonds is 6. The van der Waals surface area contributed by atoms with Crippen molar-refractivity contribution in [3.63, 3.8) is 0 Å². The Morgan fingerprint density at radius 3 is 2.55 bits per heavy atom. The zero-order valence-electron chi connectivity index (χ0n) is 13.4. The number of hydrogen-bond acceptors (Lipinski definition) is 3. The minimum absolute atomic E-state index is 0.0189. The molecule has 0 aromatic heterocycles. The summed E-state index contributed by atoms with van der Waals surface area (Å²) in [6, 6.07) is 0.310. The molecule has 6 nitrogen and oxygen atoms in total. The molecule has 2 N–H and O–H groups in total. The number of carboxylic acids is 1. The number of amides is 2. The second kappa shape index (κ2) is 6.67. The molecule has 2 fully saturated rings. The van der Waals surface area contributed by atoms with E-state index in [9.17, 15) is 14.4 Å². The van der Waals surface area contributed by atoms with E-state index in [1.165, 1.54) is 0 Å². The lowest BCUT2D eigenvalue weighted by atomic mass is 9.96. The van der Waals surface area contributed by atoms with E-state index in [0.29, 0.717) is 19.0 Å². The monoisotopic (exact) mass is 310 g/mol. The maximum Gasteiger partial charge on any atom is 0.303 e. The van der Waals surface area contributed by atoms with Crippen molar-refractivity contribution in [3.8, 4) is 0 Å². The molecular weight excluding hydrogens is 284 g/mol. The normalized spacial score (nSPS) is 23.1. The van der Waals surface area contributed by atoms with Gasteiger partial charge in [-0.2, -0.15) is 0 Å². The van der Waals surface area contributed by atoms with Gasteiger partial charge in [-0.1, -0.05) is 12.8 Å². The lowest BCUT2D eigenvalue weighted by Crippen LogP contribution is -2.47. The molecular formula is C16H26N2O4. The first-order valence-corrected chi connectivity index (χ1v) is 8.12. The predicted molar refractivity (Wildman–Crippen MR) is 81.2 cm³/mol. The summed E-state index contributed by atoms with van der Waals surface area (Å²) in [6.07, 6.45) is 5.08. The number of carbonyl (C=O) groups excluding carboxylic acids is 2. The third-order valence-corrected chi connectivity index (χ3v) is 4.72. The highest BCUT2D eigenvalue weighted by Crippen LogP contribution is 2.29. The molecule has 1 atom stereocenters. The van der Waals surface area contributed by atoms with Crippen LogP contribution in [0.2, 0.25) is 0 Å². The number of hydrogen-bond donors (Lipinski definition) is 2. The first-order valence-electron chi connectivity index (χ1n) is 8.12. The maximum atomic E-state index is 12.4. The molecule has 0 aromatic carbocycles. The molecule has 2 aliphatic rings. The Morgan fingerprint density at radius 1 is 1.32 bits per heavy atom. The molecule has 1 saturated heterocycles. The van der Waals surface area contributed by atoms with Crippen LogP contribution >= 0.6 is 0 Å². The third-order valence-electron chi connectivity index (χ3n) is 4.72. The molecule has 0 spiro atoms. The highest BCUT2D eigenvalue weighted by Gasteiger charge is 2.39. The highest BCUT2D eigenvalue weighted by molar-refractivity contribution is 5.89. The van der Waals surface area contributed by atoms with E-state index in [0.717, 1.165) is 25.7 Å². The van der Waals surface area contributed by atoms with Crippen LogP contribution in [-0.4, -0.2) is 45.9 Å². The second-order valence-electron chi connectivity index (χ2n) is 7.15. The van der Waals surface area contributed by atoms with Gasteiger partial charge in [0, 0.05) is 31.0 Å². The minimum atomic E-state index is -0.870. The van der Waals surface area contributed by atoms with Crippen LogP contribution in [0, 0.1) is 5.92 Å². The van der Waals surface area contributed by atoms with Gasteiger partial charge in [0.15, 0.2) is 0 Å². The van der Waals surface area contributed by atoms with Gasteiger partial charge in [0.05, 0.1) is 5.92 Å². The fraction of sp³-hybridized carbons (Fsp3) is 0.812. The molecule has 0 bridgehead atoms. The van der Waals surface area contributed by atoms with Crippen molar-refractivity contribution in [1.82, 2.24) is 10.2 Å². The summed E-state index contributed by atoms with van der Waals surface area (Å²) in [6.45, 7) is 4.14. The molecule has 0 radical (unpaired) electrons. The average Bonchev–Trinajstić information content (AvgIpc) is 3.04. The Labute approximate surface area is 131 Å². The zero-order chi connectivity index (χ0) is 16.3. The molecule has 124 valence electrons. The van der Waals surface area contributed by atoms with Crippen molar-refractivity contribution in [3.05, 3.63) is 0 Å². The van der Waals surface area contributed by atoms with Gasteiger partial charge in [0.1, 0.15) is 0 Å². The molecule has 2 rings (SSSR count). The van der Waals surface area contributed by atoms with Crippen LogP contribution in [-0.2, 0) is 14.4 Å². The van der Waals surface area contributed by atoms with Gasteiger partial charge in [-0.05, 0) is 33.1 Å². The molecule has 6 heteroatoms. The smallest absolute Gasteiger partial charge is 0.303 e. The molecule has 1 unspecified atom stereocenters. The summed E-state index contributed by atoms with van der Waals surface area (Å²) in [5, 5.41) is 11.7. The van der Waals surface area contributed by atoms with Gasteiger partial charge in [0.25, 0.3) is 0 Å². The summed E-state index contributed by atoms with van der Waals surface area (Å²) >= 11 is 0. The molecule has 22 heavy (non-hydrogen) atoms. The number of likely N-dealkylation sites (tertiary alicyclic amines) is 1. The minimum Gasteiger partial charge on any atom is -0.481 e. The fourth-order valence-corrected chi connectivity index (χ4v) is 3.39. The molecule has 1 aliphatic carbocycles. The topological polar surface area (TPSA) is 86.7 Å². The summed E-state index contributed by atoms with van der Waals surface area (Å²) in [4.78, 5) is 37.0. The van der Waals surface area contributed by atoms with Crippen LogP contribution in [0.1, 0.15) is 58.8 Å². The molecule has 1 saturated carbocycles. The van der Waals surface area contributed by atoms with Crippen molar-refractivity contribution in [2.75, 3.05) is 6.54 Å². The van der Waals surface area contributed by atoms with E-state index in [2.05, 4.69) is 5.32 Å². The SMILES string of the molecule is CC(C)(CCC(=O)O)NC(=O)C1CC(=O)N(C2CCCC2)C1. The van der Waals surface area contributed by atoms with Crippen LogP contribution in [0.4, 0.5) is 0 Å². The highest BCUT2D eigenvalue weighted by atomic mass is 16.4. The molecule has 1 aliphatic heterocycles. The third kappa shape index (κ3) is 4.21. The lowest BCUT2D eigenvalue weighted by Gasteiger charge is -2.28. The second-order valence-corrected chi connectivity index (χ2v) is 7.15. The number of nitrogens with zero attached hydrogens (tertiary/aromatic N) is 1. The largest absolute Gasteiger partial charge is 0.481 e. The van der Waals surface area contributed by atoms with Crippen molar-refractivity contribution < 1.29 is 19.5 Å². The van der Waals surface area contributed by atoms with Crippen LogP contribution in [0.5, 0.6) is 0 Å². The van der Waals surface area contributed by atoms with Crippen molar-refractivity contribution >= 4 is 17.8 Å². The number of carbonyl (C=O) groups is 3. The lowest BCUT2D eigenvalue weighted by molar-refractivity contribution is -0.138. The van der Waals surface area contributed by atoms with E-state index < -0.39 is 11.5 Å². The number of nitrogens with one attached hydrogen (secondary N) is 1. The van der Waals surface area contributed by atoms with Gasteiger partial charge in [-0.3, -0.25) is 14.4 Å². The molecule has 2 amide bonds. The summed E-state index contributed by atoms with van der Waals surface area (Å²) in [5.74, 6) is -1.23. The van der Waals surface area contributed by atoms with Crippen molar-refractivity contribution in [2.45, 2.75) is 70.4 Å². The van der Waals surface area contributed by atoms with Crippen LogP contribution in [0.15, 0.2) is 0 Å². The van der Waals surface area contributed by atoms with E-state index in [-0.39, 0.29) is 30.6 Å². The average molecular weight is 310 g/mol. The van der Waals surface area contributed by atoms with Gasteiger partial charge in [0.2, 0.25) is 11.8 Å². The Balaban J connectivity index is 1.87. The van der Waals surface area contributed by atoms with Crippen molar-refractivity contribution in [1.29, 1.82) is 0 Å². The Morgan fingerprint density at radius 2 is 1.95 bits per heavy atom. The summed E-state index contributed by atoms with van der Waals surface area (Å²) < 4.78 is 0. The Bertz CT molecular complexity index is 455. The number of aliphatic carboxylic acids is 1. The quantitative estimate of drug-likeness (QED) is 0.779. The van der Waals surface area contributed by atoms with Crippen LogP contribution < -0.4 is 5.32 Å². The van der Waals surface area contributed by atoms with E-state index in [1.54, 1.807) is 0 Å². The Kier molecular flexibility index (Phi) is 5.08. The fourth-order valence-electron chi connectivity index (χ4n) is 3.39. The van der Waals surface area contributed by atoms with Gasteiger partial charge in [-0.25, -0.2) is 0 Å². The van der Waals surface area contributed by atoms with Crippen molar-refractivity contribution in [2.24, 2.45) is 5.92 Å². The van der Waals surface area contributed by atoms with Gasteiger partial charge >= 0.3 is 5.97 Å². The molecule has 0 aromatic rings. The summed E-state index contributed by atoms with van der Waals surface area (Å²) in [7, 11) is 0. The first-order chi connectivity index (χ1) is 10.3. The number of carboxylic acid groups (broad SMARTS) is 1. The van der Waals surface area contributed by atoms with Crippen LogP contribution in [0.25, 0.3) is 0 Å². The van der Waals surface area contributed by atoms with Crippen LogP contribution in [0.3, 0.4) is 0 Å². The Hall–Kier alpha value is -1.59. The van der Waals surface area contributed by atoms with Gasteiger partial charge < -0.3 is 15.3 Å². The predicted octanol–water partition coefficient (Wildman–Crippen LogP) is 1.54. The van der Waals surface area contributed by atoms with E-state index >= 15 is 0 Å². The summed E-state index contributed by atoms with van der Waals surface area (Å²) in [5.41, 5.74) is -0.570. The van der Waals surface area contributed by atoms with Gasteiger partial charge in [-0.15, -0.1) is 0 Å². The standard InChI is InChI=1S/C16H26N2O4/c1-16(2,8-7-14(20)21)17-15(22)11-9-13(19)18(10-11)12-5-3-4-6-12/h11-12H,3-10H2,1-2H3,(H,17,22)(H,20,21). The zero-order valence-corrected chi connectivity index (χ0v) is 13.4. The van der Waals surface area contributed by atoms with E-state index in [1.807, 2.05) is 18.7 Å². The first kappa shape index (κ1) is 16.8. The van der Waals surface area contributed by atoms with E-state index in [4.69, 9.17) is 5.11 Å².